The number of nitrogens with zero attached hydrogens (tertiary/aromatic N) is 3. The first-order valence-corrected chi connectivity index (χ1v) is 8.05. The van der Waals surface area contributed by atoms with Crippen molar-refractivity contribution >= 4 is 21.1 Å². The topological polar surface area (TPSA) is 116 Å². The van der Waals surface area contributed by atoms with Crippen LogP contribution in [0.4, 0.5) is 0 Å². The number of aromatic nitrogens is 4. The van der Waals surface area contributed by atoms with Crippen LogP contribution in [0.15, 0.2) is 34.0 Å². The molecule has 22 heavy (non-hydrogen) atoms. The molecule has 0 aliphatic carbocycles. The number of aromatic amines is 1. The SMILES string of the molecule is Cc1cc(Cn2c(=O)[nH]c3cc(S(N)(=O)=O)ccc32)n(C)n1. The van der Waals surface area contributed by atoms with E-state index < -0.39 is 10.0 Å². The highest BCUT2D eigenvalue weighted by Gasteiger charge is 2.14. The first-order chi connectivity index (χ1) is 10.3. The fourth-order valence-corrected chi connectivity index (χ4v) is 2.99. The number of rotatable bonds is 3. The number of H-pyrrole nitrogens is 1. The van der Waals surface area contributed by atoms with Crippen molar-refractivity contribution in [1.82, 2.24) is 19.3 Å². The van der Waals surface area contributed by atoms with E-state index in [0.29, 0.717) is 17.6 Å². The van der Waals surface area contributed by atoms with Gasteiger partial charge in [0.1, 0.15) is 0 Å². The highest BCUT2D eigenvalue weighted by Crippen LogP contribution is 2.17. The van der Waals surface area contributed by atoms with Gasteiger partial charge in [0.05, 0.1) is 33.9 Å². The second-order valence-electron chi connectivity index (χ2n) is 5.14. The monoisotopic (exact) mass is 321 g/mol. The molecule has 0 atom stereocenters. The molecule has 0 aliphatic heterocycles. The van der Waals surface area contributed by atoms with Gasteiger partial charge in [0, 0.05) is 7.05 Å². The predicted octanol–water partition coefficient (Wildman–Crippen LogP) is 0.0672. The zero-order chi connectivity index (χ0) is 16.1. The first kappa shape index (κ1) is 14.5. The van der Waals surface area contributed by atoms with E-state index in [4.69, 9.17) is 5.14 Å². The van der Waals surface area contributed by atoms with E-state index in [9.17, 15) is 13.2 Å². The molecule has 0 unspecified atom stereocenters. The Hall–Kier alpha value is -2.39. The molecule has 2 heterocycles. The molecule has 0 aliphatic rings. The molecule has 3 aromatic rings. The number of fused-ring (bicyclic) bond motifs is 1. The summed E-state index contributed by atoms with van der Waals surface area (Å²) in [5.74, 6) is 0. The van der Waals surface area contributed by atoms with E-state index in [-0.39, 0.29) is 10.6 Å². The quantitative estimate of drug-likeness (QED) is 0.710. The number of sulfonamides is 1. The van der Waals surface area contributed by atoms with E-state index in [1.165, 1.54) is 16.7 Å². The van der Waals surface area contributed by atoms with E-state index in [0.717, 1.165) is 11.4 Å². The van der Waals surface area contributed by atoms with Gasteiger partial charge in [-0.25, -0.2) is 18.4 Å². The second kappa shape index (κ2) is 4.82. The molecule has 0 spiro atoms. The van der Waals surface area contributed by atoms with Crippen LogP contribution in [0.25, 0.3) is 11.0 Å². The van der Waals surface area contributed by atoms with Crippen LogP contribution in [-0.4, -0.2) is 27.7 Å². The van der Waals surface area contributed by atoms with Crippen LogP contribution in [0.3, 0.4) is 0 Å². The van der Waals surface area contributed by atoms with Crippen molar-refractivity contribution < 1.29 is 8.42 Å². The molecule has 0 saturated carbocycles. The minimum atomic E-state index is -3.81. The molecule has 116 valence electrons. The van der Waals surface area contributed by atoms with Gasteiger partial charge in [0.15, 0.2) is 0 Å². The Bertz CT molecular complexity index is 1030. The van der Waals surface area contributed by atoms with Crippen LogP contribution in [0, 0.1) is 6.92 Å². The Morgan fingerprint density at radius 2 is 2.05 bits per heavy atom. The molecular weight excluding hydrogens is 306 g/mol. The summed E-state index contributed by atoms with van der Waals surface area (Å²) in [4.78, 5) is 14.7. The summed E-state index contributed by atoms with van der Waals surface area (Å²) in [6.07, 6.45) is 0. The summed E-state index contributed by atoms with van der Waals surface area (Å²) >= 11 is 0. The summed E-state index contributed by atoms with van der Waals surface area (Å²) in [6.45, 7) is 2.21. The van der Waals surface area contributed by atoms with E-state index >= 15 is 0 Å². The van der Waals surface area contributed by atoms with Crippen molar-refractivity contribution in [1.29, 1.82) is 0 Å². The van der Waals surface area contributed by atoms with Gasteiger partial charge in [-0.15, -0.1) is 0 Å². The van der Waals surface area contributed by atoms with E-state index in [1.54, 1.807) is 17.8 Å². The van der Waals surface area contributed by atoms with Crippen LogP contribution < -0.4 is 10.8 Å². The molecule has 0 radical (unpaired) electrons. The van der Waals surface area contributed by atoms with Crippen molar-refractivity contribution in [3.05, 3.63) is 46.1 Å². The molecule has 2 aromatic heterocycles. The third-order valence-electron chi connectivity index (χ3n) is 3.49. The summed E-state index contributed by atoms with van der Waals surface area (Å²) in [6, 6.07) is 6.20. The number of benzene rings is 1. The van der Waals surface area contributed by atoms with Gasteiger partial charge in [-0.3, -0.25) is 9.25 Å². The molecule has 0 saturated heterocycles. The van der Waals surface area contributed by atoms with Crippen molar-refractivity contribution in [3.63, 3.8) is 0 Å². The number of hydrogen-bond acceptors (Lipinski definition) is 4. The van der Waals surface area contributed by atoms with E-state index in [2.05, 4.69) is 10.1 Å². The number of imidazole rings is 1. The van der Waals surface area contributed by atoms with Crippen LogP contribution >= 0.6 is 0 Å². The smallest absolute Gasteiger partial charge is 0.305 e. The highest BCUT2D eigenvalue weighted by atomic mass is 32.2. The number of nitrogens with one attached hydrogen (secondary N) is 1. The van der Waals surface area contributed by atoms with Crippen molar-refractivity contribution in [2.24, 2.45) is 12.2 Å². The Morgan fingerprint density at radius 1 is 1.32 bits per heavy atom. The van der Waals surface area contributed by atoms with Gasteiger partial charge in [0.2, 0.25) is 10.0 Å². The molecule has 9 heteroatoms. The average molecular weight is 321 g/mol. The fourth-order valence-electron chi connectivity index (χ4n) is 2.45. The van der Waals surface area contributed by atoms with Crippen LogP contribution in [0.5, 0.6) is 0 Å². The minimum absolute atomic E-state index is 0.0372. The zero-order valence-corrected chi connectivity index (χ0v) is 12.9. The number of primary sulfonamides is 1. The van der Waals surface area contributed by atoms with Gasteiger partial charge in [-0.1, -0.05) is 0 Å². The second-order valence-corrected chi connectivity index (χ2v) is 6.70. The molecule has 0 fully saturated rings. The molecule has 8 nitrogen and oxygen atoms in total. The van der Waals surface area contributed by atoms with Crippen molar-refractivity contribution in [2.75, 3.05) is 0 Å². The summed E-state index contributed by atoms with van der Waals surface area (Å²) in [5, 5.41) is 9.34. The van der Waals surface area contributed by atoms with Gasteiger partial charge in [-0.2, -0.15) is 5.10 Å². The predicted molar refractivity (Wildman–Crippen MR) is 81.0 cm³/mol. The number of aryl methyl sites for hydroxylation is 2. The lowest BCUT2D eigenvalue weighted by Crippen LogP contribution is -2.18. The zero-order valence-electron chi connectivity index (χ0n) is 12.1. The Labute approximate surface area is 126 Å². The highest BCUT2D eigenvalue weighted by molar-refractivity contribution is 7.89. The molecule has 1 aromatic carbocycles. The Kier molecular flexibility index (Phi) is 3.18. The van der Waals surface area contributed by atoms with Crippen molar-refractivity contribution in [3.8, 4) is 0 Å². The lowest BCUT2D eigenvalue weighted by atomic mass is 10.3. The third-order valence-corrected chi connectivity index (χ3v) is 4.40. The van der Waals surface area contributed by atoms with E-state index in [1.807, 2.05) is 13.0 Å². The van der Waals surface area contributed by atoms with Crippen LogP contribution in [0.2, 0.25) is 0 Å². The third kappa shape index (κ3) is 2.44. The molecule has 0 bridgehead atoms. The summed E-state index contributed by atoms with van der Waals surface area (Å²) in [7, 11) is -2.00. The average Bonchev–Trinajstić information content (AvgIpc) is 2.89. The van der Waals surface area contributed by atoms with Crippen LogP contribution in [0.1, 0.15) is 11.4 Å². The minimum Gasteiger partial charge on any atom is -0.305 e. The van der Waals surface area contributed by atoms with Crippen molar-refractivity contribution in [2.45, 2.75) is 18.4 Å². The lowest BCUT2D eigenvalue weighted by molar-refractivity contribution is 0.598. The normalized spacial score (nSPS) is 12.1. The first-order valence-electron chi connectivity index (χ1n) is 6.50. The summed E-state index contributed by atoms with van der Waals surface area (Å²) in [5.41, 5.74) is 2.45. The van der Waals surface area contributed by atoms with Crippen LogP contribution in [-0.2, 0) is 23.6 Å². The Morgan fingerprint density at radius 3 is 2.64 bits per heavy atom. The maximum atomic E-state index is 12.1. The molecule has 0 amide bonds. The standard InChI is InChI=1S/C13H15N5O3S/c1-8-5-9(17(2)16-8)7-18-12-4-3-10(22(14,20)21)6-11(12)15-13(18)19/h3-6H,7H2,1-2H3,(H,15,19)(H2,14,20,21). The van der Waals surface area contributed by atoms with Gasteiger partial charge in [0.25, 0.3) is 0 Å². The number of hydrogen-bond donors (Lipinski definition) is 2. The molecule has 3 N–H and O–H groups in total. The van der Waals surface area contributed by atoms with Gasteiger partial charge < -0.3 is 4.98 Å². The summed E-state index contributed by atoms with van der Waals surface area (Å²) < 4.78 is 26.0. The Balaban J connectivity index is 2.13. The molecular formula is C13H15N5O3S. The maximum absolute atomic E-state index is 12.1. The molecule has 3 rings (SSSR count). The van der Waals surface area contributed by atoms with Gasteiger partial charge in [-0.05, 0) is 31.2 Å². The number of nitrogens with two attached hydrogens (primary N) is 1. The maximum Gasteiger partial charge on any atom is 0.326 e. The van der Waals surface area contributed by atoms with Gasteiger partial charge >= 0.3 is 5.69 Å². The fraction of sp³-hybridized carbons (Fsp3) is 0.231. The lowest BCUT2D eigenvalue weighted by Gasteiger charge is -2.04. The largest absolute Gasteiger partial charge is 0.326 e.